The molecule has 0 heterocycles. The highest BCUT2D eigenvalue weighted by Crippen LogP contribution is 2.45. The number of rotatable bonds is 68. The van der Waals surface area contributed by atoms with E-state index in [1.807, 2.05) is 30.4 Å². The van der Waals surface area contributed by atoms with Gasteiger partial charge in [-0.25, -0.2) is 9.13 Å². The molecule has 0 spiro atoms. The average Bonchev–Trinajstić information content (AvgIpc) is 0.937. The number of phosphoric acid groups is 2. The van der Waals surface area contributed by atoms with E-state index in [2.05, 4.69) is 204 Å². The Hall–Kier alpha value is -6.62. The molecule has 0 saturated heterocycles. The number of hydrogen-bond donors (Lipinski definition) is 3. The van der Waals surface area contributed by atoms with Gasteiger partial charge in [0, 0.05) is 19.3 Å². The molecule has 19 heteroatoms. The van der Waals surface area contributed by atoms with E-state index in [0.717, 1.165) is 141 Å². The molecule has 0 amide bonds. The van der Waals surface area contributed by atoms with E-state index in [-0.39, 0.29) is 25.7 Å². The van der Waals surface area contributed by atoms with Crippen molar-refractivity contribution in [3.63, 3.8) is 0 Å². The van der Waals surface area contributed by atoms with Gasteiger partial charge in [0.25, 0.3) is 0 Å². The summed E-state index contributed by atoms with van der Waals surface area (Å²) in [4.78, 5) is 72.8. The third kappa shape index (κ3) is 73.7. The molecule has 0 aliphatic carbocycles. The second kappa shape index (κ2) is 74.6. The highest BCUT2D eigenvalue weighted by Gasteiger charge is 2.30. The molecule has 0 aromatic carbocycles. The van der Waals surface area contributed by atoms with Gasteiger partial charge in [-0.2, -0.15) is 0 Å². The lowest BCUT2D eigenvalue weighted by Crippen LogP contribution is -2.30. The topological polar surface area (TPSA) is 237 Å². The lowest BCUT2D eigenvalue weighted by Gasteiger charge is -2.21. The number of aliphatic hydroxyl groups excluding tert-OH is 1. The Morgan fingerprint density at radius 2 is 0.519 bits per heavy atom. The maximum absolute atomic E-state index is 13.1. The fourth-order valence-electron chi connectivity index (χ4n) is 8.84. The summed E-state index contributed by atoms with van der Waals surface area (Å²) in [6.07, 6.45) is 94.1. The zero-order chi connectivity index (χ0) is 76.0. The Balaban J connectivity index is 5.57. The summed E-state index contributed by atoms with van der Waals surface area (Å²) in [5, 5.41) is 10.6. The van der Waals surface area contributed by atoms with E-state index in [1.165, 1.54) is 0 Å². The molecule has 5 unspecified atom stereocenters. The predicted octanol–water partition coefficient (Wildman–Crippen LogP) is 22.1. The van der Waals surface area contributed by atoms with E-state index in [9.17, 15) is 43.2 Å². The minimum atomic E-state index is -5.03. The van der Waals surface area contributed by atoms with Crippen molar-refractivity contribution in [1.29, 1.82) is 0 Å². The maximum Gasteiger partial charge on any atom is 0.472 e. The molecule has 0 aromatic rings. The lowest BCUT2D eigenvalue weighted by atomic mass is 10.1. The number of aliphatic hydroxyl groups is 1. The largest absolute Gasteiger partial charge is 0.472 e. The van der Waals surface area contributed by atoms with Crippen molar-refractivity contribution in [1.82, 2.24) is 0 Å². The van der Waals surface area contributed by atoms with Gasteiger partial charge < -0.3 is 33.8 Å². The minimum absolute atomic E-state index is 0.0173. The molecule has 5 atom stereocenters. The van der Waals surface area contributed by atoms with Crippen molar-refractivity contribution in [2.24, 2.45) is 0 Å². The first kappa shape index (κ1) is 97.4. The SMILES string of the molecule is CC/C=C\C/C=C\C/C=C\C/C=C\C/C=C\CCCC(=O)OCC(COP(=O)(O)OCC(O)COP(=O)(O)OCC(COC(=O)CCCCCC/C=C\C/C=C\C/C=C\C/C=C\CC)OC(=O)C/C=C\C/C=C\C/C=C\C/C=C\C/C=C\CC)OC(=O)CCCC/C=C\C/C=C\C/C=C\C/C=C\CC. The van der Waals surface area contributed by atoms with Crippen molar-refractivity contribution in [3.05, 3.63) is 219 Å². The summed E-state index contributed by atoms with van der Waals surface area (Å²) in [6, 6.07) is 0. The third-order valence-corrected chi connectivity index (χ3v) is 16.4. The average molecular weight is 1490 g/mol. The van der Waals surface area contributed by atoms with Gasteiger partial charge in [0.15, 0.2) is 12.2 Å². The van der Waals surface area contributed by atoms with Gasteiger partial charge in [-0.05, 0) is 167 Å². The van der Waals surface area contributed by atoms with Crippen molar-refractivity contribution in [2.45, 2.75) is 251 Å². The number of carbonyl (C=O) groups is 4. The molecule has 0 saturated carbocycles. The molecule has 582 valence electrons. The fourth-order valence-corrected chi connectivity index (χ4v) is 10.4. The maximum atomic E-state index is 13.1. The lowest BCUT2D eigenvalue weighted by molar-refractivity contribution is -0.161. The Morgan fingerprint density at radius 1 is 0.279 bits per heavy atom. The zero-order valence-electron chi connectivity index (χ0n) is 63.3. The van der Waals surface area contributed by atoms with Crippen LogP contribution in [0.25, 0.3) is 0 Å². The number of unbranched alkanes of at least 4 members (excludes halogenated alkanes) is 7. The van der Waals surface area contributed by atoms with E-state index in [4.69, 9.17) is 37.0 Å². The highest BCUT2D eigenvalue weighted by atomic mass is 31.2. The van der Waals surface area contributed by atoms with Crippen LogP contribution >= 0.6 is 15.6 Å². The molecule has 0 aliphatic heterocycles. The normalized spacial score (nSPS) is 15.1. The van der Waals surface area contributed by atoms with Crippen LogP contribution in [-0.2, 0) is 65.4 Å². The van der Waals surface area contributed by atoms with Gasteiger partial charge in [-0.1, -0.05) is 259 Å². The van der Waals surface area contributed by atoms with E-state index in [1.54, 1.807) is 12.2 Å². The van der Waals surface area contributed by atoms with Crippen molar-refractivity contribution in [3.8, 4) is 0 Å². The summed E-state index contributed by atoms with van der Waals surface area (Å²) in [7, 11) is -10.0. The molecule has 0 aliphatic rings. The summed E-state index contributed by atoms with van der Waals surface area (Å²) < 4.78 is 68.2. The quantitative estimate of drug-likeness (QED) is 0.0169. The number of esters is 4. The molecule has 17 nitrogen and oxygen atoms in total. The Labute approximate surface area is 626 Å². The Morgan fingerprint density at radius 3 is 0.856 bits per heavy atom. The zero-order valence-corrected chi connectivity index (χ0v) is 65.1. The van der Waals surface area contributed by atoms with Gasteiger partial charge in [-0.3, -0.25) is 37.3 Å². The molecule has 0 aromatic heterocycles. The summed E-state index contributed by atoms with van der Waals surface area (Å²) in [5.74, 6) is -2.50. The van der Waals surface area contributed by atoms with Crippen LogP contribution in [0.15, 0.2) is 219 Å². The fraction of sp³-hybridized carbons (Fsp3) is 0.529. The third-order valence-electron chi connectivity index (χ3n) is 14.5. The summed E-state index contributed by atoms with van der Waals surface area (Å²) >= 11 is 0. The molecule has 0 rings (SSSR count). The van der Waals surface area contributed by atoms with Crippen LogP contribution in [-0.4, -0.2) is 96.7 Å². The molecule has 0 radical (unpaired) electrons. The molecular formula is C85H130O17P2. The second-order valence-corrected chi connectivity index (χ2v) is 27.0. The molecule has 3 N–H and O–H groups in total. The highest BCUT2D eigenvalue weighted by molar-refractivity contribution is 7.47. The van der Waals surface area contributed by atoms with Gasteiger partial charge in [-0.15, -0.1) is 0 Å². The number of allylic oxidation sites excluding steroid dienone is 35. The monoisotopic (exact) mass is 1480 g/mol. The van der Waals surface area contributed by atoms with Crippen LogP contribution < -0.4 is 0 Å². The first-order valence-electron chi connectivity index (χ1n) is 38.0. The predicted molar refractivity (Wildman–Crippen MR) is 426 cm³/mol. The van der Waals surface area contributed by atoms with Gasteiger partial charge >= 0.3 is 39.5 Å². The van der Waals surface area contributed by atoms with Crippen LogP contribution in [0, 0.1) is 0 Å². The first-order valence-corrected chi connectivity index (χ1v) is 41.0. The smallest absolute Gasteiger partial charge is 0.462 e. The second-order valence-electron chi connectivity index (χ2n) is 24.1. The van der Waals surface area contributed by atoms with Gasteiger partial charge in [0.1, 0.15) is 19.3 Å². The van der Waals surface area contributed by atoms with Crippen LogP contribution in [0.5, 0.6) is 0 Å². The standard InChI is InChI=1S/C85H130O17P2/c1-5-9-13-17-21-25-29-33-37-39-43-45-49-53-57-61-65-69-82(87)95-75-80(101-84(89)71-67-63-59-55-51-47-41-35-31-27-23-19-15-11-7-3)77-99-103(91,92)97-73-79(86)74-98-104(93,94)100-78-81(102-85(90)72-68-64-60-56-52-48-42-36-32-28-24-20-16-12-8-4)76-96-83(88)70-66-62-58-54-50-46-44-40-38-34-30-26-22-18-14-10-6-2/h9-16,21-28,33-38,41-46,51-53,55-57,64,68,79-81,86H,5-8,17-20,29-32,39-40,47-50,54,58-63,65-67,69-78H2,1-4H3,(H,91,92)(H,93,94)/b13-9-,14-10-,15-11-,16-12-,25-21-,26-22-,27-23-,28-24-,37-33-,38-34-,41-35-,42-36-,45-43-,46-44-,55-51-,56-52-,57-53-,68-64-. The van der Waals surface area contributed by atoms with Gasteiger partial charge in [0.05, 0.1) is 32.8 Å². The van der Waals surface area contributed by atoms with Crippen LogP contribution in [0.1, 0.15) is 233 Å². The van der Waals surface area contributed by atoms with Crippen LogP contribution in [0.4, 0.5) is 0 Å². The number of phosphoric ester groups is 2. The summed E-state index contributed by atoms with van der Waals surface area (Å²) in [5.41, 5.74) is 0. The van der Waals surface area contributed by atoms with Crippen molar-refractivity contribution < 1.29 is 80.2 Å². The van der Waals surface area contributed by atoms with Crippen molar-refractivity contribution in [2.75, 3.05) is 39.6 Å². The van der Waals surface area contributed by atoms with E-state index in [0.29, 0.717) is 38.5 Å². The molecule has 0 fully saturated rings. The van der Waals surface area contributed by atoms with Crippen LogP contribution in [0.3, 0.4) is 0 Å². The van der Waals surface area contributed by atoms with Crippen LogP contribution in [0.2, 0.25) is 0 Å². The first-order chi connectivity index (χ1) is 50.7. The van der Waals surface area contributed by atoms with Crippen molar-refractivity contribution >= 4 is 39.5 Å². The van der Waals surface area contributed by atoms with E-state index < -0.39 is 97.5 Å². The number of hydrogen-bond acceptors (Lipinski definition) is 15. The summed E-state index contributed by atoms with van der Waals surface area (Å²) in [6.45, 7) is 4.09. The van der Waals surface area contributed by atoms with Gasteiger partial charge in [0.2, 0.25) is 0 Å². The van der Waals surface area contributed by atoms with E-state index >= 15 is 0 Å². The Bertz CT molecular complexity index is 2840. The molecule has 104 heavy (non-hydrogen) atoms. The number of ether oxygens (including phenoxy) is 4. The molecule has 0 bridgehead atoms. The Kier molecular flexibility index (Phi) is 69.9. The number of carbonyl (C=O) groups excluding carboxylic acids is 4. The molecular weight excluding hydrogens is 1350 g/mol. The minimum Gasteiger partial charge on any atom is -0.462 e.